The standard InChI is InChI=1S/C10H18BrN3S/c1-14(2)4-3-13-9(6-12)10-5-8(11)7-15-10/h5,7,9,13H,3-4,6,12H2,1-2H3. The largest absolute Gasteiger partial charge is 0.329 e. The maximum absolute atomic E-state index is 5.75. The van der Waals surface area contributed by atoms with Gasteiger partial charge in [-0.3, -0.25) is 0 Å². The van der Waals surface area contributed by atoms with Crippen LogP contribution < -0.4 is 11.1 Å². The van der Waals surface area contributed by atoms with E-state index in [4.69, 9.17) is 5.73 Å². The molecular weight excluding hydrogens is 274 g/mol. The predicted octanol–water partition coefficient (Wildman–Crippen LogP) is 1.66. The van der Waals surface area contributed by atoms with E-state index >= 15 is 0 Å². The number of likely N-dealkylation sites (N-methyl/N-ethyl adjacent to an activating group) is 1. The van der Waals surface area contributed by atoms with Crippen molar-refractivity contribution in [2.75, 3.05) is 33.7 Å². The maximum Gasteiger partial charge on any atom is 0.0540 e. The van der Waals surface area contributed by atoms with Gasteiger partial charge in [0.15, 0.2) is 0 Å². The van der Waals surface area contributed by atoms with Gasteiger partial charge in [0.2, 0.25) is 0 Å². The van der Waals surface area contributed by atoms with Crippen LogP contribution in [-0.2, 0) is 0 Å². The quantitative estimate of drug-likeness (QED) is 0.838. The van der Waals surface area contributed by atoms with Gasteiger partial charge < -0.3 is 16.0 Å². The normalized spacial score (nSPS) is 13.4. The van der Waals surface area contributed by atoms with E-state index in [0.29, 0.717) is 6.54 Å². The summed E-state index contributed by atoms with van der Waals surface area (Å²) < 4.78 is 1.13. The van der Waals surface area contributed by atoms with Crippen molar-refractivity contribution in [2.45, 2.75) is 6.04 Å². The van der Waals surface area contributed by atoms with E-state index in [1.165, 1.54) is 4.88 Å². The number of hydrogen-bond acceptors (Lipinski definition) is 4. The Balaban J connectivity index is 2.42. The van der Waals surface area contributed by atoms with Gasteiger partial charge in [0.05, 0.1) is 6.04 Å². The van der Waals surface area contributed by atoms with Crippen LogP contribution in [0.15, 0.2) is 15.9 Å². The van der Waals surface area contributed by atoms with Crippen molar-refractivity contribution in [2.24, 2.45) is 5.73 Å². The van der Waals surface area contributed by atoms with Crippen LogP contribution in [0, 0.1) is 0 Å². The van der Waals surface area contributed by atoms with Gasteiger partial charge >= 0.3 is 0 Å². The average Bonchev–Trinajstić information content (AvgIpc) is 2.59. The first-order valence-electron chi connectivity index (χ1n) is 4.95. The van der Waals surface area contributed by atoms with E-state index in [1.54, 1.807) is 11.3 Å². The first-order chi connectivity index (χ1) is 7.13. The summed E-state index contributed by atoms with van der Waals surface area (Å²) in [5.74, 6) is 0. The maximum atomic E-state index is 5.75. The molecule has 0 amide bonds. The van der Waals surface area contributed by atoms with Gasteiger partial charge in [-0.05, 0) is 36.1 Å². The number of rotatable bonds is 6. The molecule has 1 heterocycles. The molecule has 1 atom stereocenters. The molecule has 1 unspecified atom stereocenters. The third kappa shape index (κ3) is 4.61. The molecule has 0 aliphatic carbocycles. The zero-order chi connectivity index (χ0) is 11.3. The summed E-state index contributed by atoms with van der Waals surface area (Å²) in [6, 6.07) is 2.41. The van der Waals surface area contributed by atoms with Crippen LogP contribution in [-0.4, -0.2) is 38.6 Å². The molecule has 3 N–H and O–H groups in total. The lowest BCUT2D eigenvalue weighted by Gasteiger charge is -2.17. The molecule has 0 saturated heterocycles. The second-order valence-electron chi connectivity index (χ2n) is 3.71. The summed E-state index contributed by atoms with van der Waals surface area (Å²) in [5, 5.41) is 5.54. The van der Waals surface area contributed by atoms with E-state index in [-0.39, 0.29) is 6.04 Å². The van der Waals surface area contributed by atoms with E-state index in [1.807, 2.05) is 0 Å². The minimum atomic E-state index is 0.279. The lowest BCUT2D eigenvalue weighted by atomic mass is 10.2. The summed E-state index contributed by atoms with van der Waals surface area (Å²) in [6.45, 7) is 2.63. The highest BCUT2D eigenvalue weighted by molar-refractivity contribution is 9.10. The first-order valence-corrected chi connectivity index (χ1v) is 6.63. The Hall–Kier alpha value is 0.0600. The fourth-order valence-electron chi connectivity index (χ4n) is 1.27. The Morgan fingerprint density at radius 3 is 2.80 bits per heavy atom. The molecule has 3 nitrogen and oxygen atoms in total. The molecule has 1 aromatic rings. The number of nitrogens with zero attached hydrogens (tertiary/aromatic N) is 1. The molecule has 5 heteroatoms. The Labute approximate surface area is 104 Å². The van der Waals surface area contributed by atoms with Crippen molar-refractivity contribution in [3.8, 4) is 0 Å². The van der Waals surface area contributed by atoms with Gasteiger partial charge in [-0.25, -0.2) is 0 Å². The molecule has 0 fully saturated rings. The summed E-state index contributed by atoms with van der Waals surface area (Å²) in [7, 11) is 4.14. The highest BCUT2D eigenvalue weighted by atomic mass is 79.9. The molecule has 1 rings (SSSR count). The molecule has 0 bridgehead atoms. The fraction of sp³-hybridized carbons (Fsp3) is 0.600. The Bertz CT molecular complexity index is 288. The SMILES string of the molecule is CN(C)CCNC(CN)c1cc(Br)cs1. The van der Waals surface area contributed by atoms with E-state index in [2.05, 4.69) is 51.7 Å². The third-order valence-corrected chi connectivity index (χ3v) is 3.92. The Morgan fingerprint density at radius 1 is 1.60 bits per heavy atom. The third-order valence-electron chi connectivity index (χ3n) is 2.12. The lowest BCUT2D eigenvalue weighted by Crippen LogP contribution is -2.33. The summed E-state index contributed by atoms with van der Waals surface area (Å²) in [4.78, 5) is 3.45. The summed E-state index contributed by atoms with van der Waals surface area (Å²) in [5.41, 5.74) is 5.75. The molecule has 1 aromatic heterocycles. The Morgan fingerprint density at radius 2 is 2.33 bits per heavy atom. The zero-order valence-corrected chi connectivity index (χ0v) is 11.6. The van der Waals surface area contributed by atoms with Crippen LogP contribution in [0.5, 0.6) is 0 Å². The van der Waals surface area contributed by atoms with Crippen molar-refractivity contribution in [3.05, 3.63) is 20.8 Å². The van der Waals surface area contributed by atoms with Gasteiger partial charge in [-0.1, -0.05) is 0 Å². The number of hydrogen-bond donors (Lipinski definition) is 2. The van der Waals surface area contributed by atoms with Crippen molar-refractivity contribution in [1.29, 1.82) is 0 Å². The van der Waals surface area contributed by atoms with Crippen LogP contribution in [0.4, 0.5) is 0 Å². The first kappa shape index (κ1) is 13.1. The molecule has 0 aliphatic heterocycles. The average molecular weight is 292 g/mol. The molecule has 15 heavy (non-hydrogen) atoms. The number of thiophene rings is 1. The molecule has 0 radical (unpaired) electrons. The van der Waals surface area contributed by atoms with Crippen LogP contribution >= 0.6 is 27.3 Å². The van der Waals surface area contributed by atoms with E-state index in [0.717, 1.165) is 17.6 Å². The number of nitrogens with one attached hydrogen (secondary N) is 1. The van der Waals surface area contributed by atoms with Gasteiger partial charge in [-0.2, -0.15) is 0 Å². The molecule has 86 valence electrons. The number of nitrogens with two attached hydrogens (primary N) is 1. The second kappa shape index (κ2) is 6.60. The van der Waals surface area contributed by atoms with E-state index in [9.17, 15) is 0 Å². The smallest absolute Gasteiger partial charge is 0.0540 e. The molecule has 0 saturated carbocycles. The van der Waals surface area contributed by atoms with Gasteiger partial charge in [0.1, 0.15) is 0 Å². The minimum Gasteiger partial charge on any atom is -0.329 e. The fourth-order valence-corrected chi connectivity index (χ4v) is 2.81. The molecule has 0 spiro atoms. The molecule has 0 aromatic carbocycles. The molecule has 0 aliphatic rings. The monoisotopic (exact) mass is 291 g/mol. The number of halogens is 1. The highest BCUT2D eigenvalue weighted by Crippen LogP contribution is 2.24. The zero-order valence-electron chi connectivity index (χ0n) is 9.16. The van der Waals surface area contributed by atoms with E-state index < -0.39 is 0 Å². The van der Waals surface area contributed by atoms with Gasteiger partial charge in [0.25, 0.3) is 0 Å². The summed E-state index contributed by atoms with van der Waals surface area (Å²) >= 11 is 5.19. The highest BCUT2D eigenvalue weighted by Gasteiger charge is 2.10. The van der Waals surface area contributed by atoms with Crippen molar-refractivity contribution in [1.82, 2.24) is 10.2 Å². The van der Waals surface area contributed by atoms with Crippen molar-refractivity contribution in [3.63, 3.8) is 0 Å². The Kier molecular flexibility index (Phi) is 5.78. The molecular formula is C10H18BrN3S. The predicted molar refractivity (Wildman–Crippen MR) is 70.4 cm³/mol. The van der Waals surface area contributed by atoms with Gasteiger partial charge in [0, 0.05) is 34.4 Å². The minimum absolute atomic E-state index is 0.279. The van der Waals surface area contributed by atoms with Crippen LogP contribution in [0.1, 0.15) is 10.9 Å². The van der Waals surface area contributed by atoms with Crippen LogP contribution in [0.3, 0.4) is 0 Å². The van der Waals surface area contributed by atoms with Crippen LogP contribution in [0.2, 0.25) is 0 Å². The van der Waals surface area contributed by atoms with Crippen molar-refractivity contribution < 1.29 is 0 Å². The second-order valence-corrected chi connectivity index (χ2v) is 5.57. The topological polar surface area (TPSA) is 41.3 Å². The lowest BCUT2D eigenvalue weighted by molar-refractivity contribution is 0.386. The summed E-state index contributed by atoms with van der Waals surface area (Å²) in [6.07, 6.45) is 0. The van der Waals surface area contributed by atoms with Crippen LogP contribution in [0.25, 0.3) is 0 Å². The van der Waals surface area contributed by atoms with Crippen molar-refractivity contribution >= 4 is 27.3 Å². The van der Waals surface area contributed by atoms with Gasteiger partial charge in [-0.15, -0.1) is 11.3 Å².